The smallest absolute Gasteiger partial charge is 0.296 e. The second-order valence-electron chi connectivity index (χ2n) is 3.30. The molecule has 1 aromatic rings. The van der Waals surface area contributed by atoms with Crippen molar-refractivity contribution in [3.8, 4) is 0 Å². The molecule has 1 aliphatic heterocycles. The molecule has 2 rings (SSSR count). The number of Topliss-reactive ketones (excluding diaryl/α,β-unsaturated/α-hetero) is 1. The Labute approximate surface area is 97.9 Å². The maximum absolute atomic E-state index is 11.4. The molecule has 0 unspecified atom stereocenters. The van der Waals surface area contributed by atoms with Crippen molar-refractivity contribution in [2.24, 2.45) is 0 Å². The number of carbonyl (C=O) groups is 2. The number of amides is 1. The third-order valence-electron chi connectivity index (χ3n) is 2.37. The van der Waals surface area contributed by atoms with E-state index in [1.54, 1.807) is 6.92 Å². The predicted octanol–water partition coefficient (Wildman–Crippen LogP) is 1.80. The summed E-state index contributed by atoms with van der Waals surface area (Å²) < 4.78 is 0.270. The number of hydrogen-bond acceptors (Lipinski definition) is 4. The van der Waals surface area contributed by atoms with Gasteiger partial charge in [0.2, 0.25) is 0 Å². The summed E-state index contributed by atoms with van der Waals surface area (Å²) in [4.78, 5) is 32.6. The molecule has 1 heterocycles. The average molecular weight is 285 g/mol. The lowest BCUT2D eigenvalue weighted by molar-refractivity contribution is -0.385. The third kappa shape index (κ3) is 1.32. The van der Waals surface area contributed by atoms with E-state index in [4.69, 9.17) is 0 Å². The van der Waals surface area contributed by atoms with Crippen molar-refractivity contribution in [2.75, 3.05) is 5.32 Å². The van der Waals surface area contributed by atoms with E-state index in [9.17, 15) is 19.7 Å². The summed E-state index contributed by atoms with van der Waals surface area (Å²) >= 11 is 3.07. The van der Waals surface area contributed by atoms with Gasteiger partial charge in [0.25, 0.3) is 17.4 Å². The van der Waals surface area contributed by atoms with Crippen LogP contribution >= 0.6 is 15.9 Å². The zero-order valence-electron chi connectivity index (χ0n) is 8.04. The number of anilines is 1. The van der Waals surface area contributed by atoms with Crippen LogP contribution in [0.5, 0.6) is 0 Å². The minimum Gasteiger partial charge on any atom is -0.318 e. The second kappa shape index (κ2) is 3.38. The standard InChI is InChI=1S/C9H5BrN2O4/c1-3-6(10)5(12(15)16)2-4-7(3)11-9(14)8(4)13/h2H,1H3,(H,11,13,14). The molecule has 0 fully saturated rings. The highest BCUT2D eigenvalue weighted by molar-refractivity contribution is 9.10. The first-order chi connectivity index (χ1) is 7.43. The fraction of sp³-hybridized carbons (Fsp3) is 0.111. The van der Waals surface area contributed by atoms with Gasteiger partial charge in [0.15, 0.2) is 0 Å². The van der Waals surface area contributed by atoms with Crippen LogP contribution in [0.2, 0.25) is 0 Å². The molecular weight excluding hydrogens is 280 g/mol. The fourth-order valence-electron chi connectivity index (χ4n) is 1.54. The van der Waals surface area contributed by atoms with E-state index in [0.29, 0.717) is 11.3 Å². The van der Waals surface area contributed by atoms with Gasteiger partial charge in [-0.2, -0.15) is 0 Å². The molecule has 7 heteroatoms. The highest BCUT2D eigenvalue weighted by Gasteiger charge is 2.33. The number of nitrogens with one attached hydrogen (secondary N) is 1. The Balaban J connectivity index is 2.76. The van der Waals surface area contributed by atoms with Gasteiger partial charge in [0, 0.05) is 6.07 Å². The van der Waals surface area contributed by atoms with Crippen LogP contribution in [0.15, 0.2) is 10.5 Å². The molecule has 1 aliphatic rings. The van der Waals surface area contributed by atoms with Crippen LogP contribution in [0, 0.1) is 17.0 Å². The molecule has 0 saturated carbocycles. The van der Waals surface area contributed by atoms with Crippen LogP contribution in [0.3, 0.4) is 0 Å². The summed E-state index contributed by atoms with van der Waals surface area (Å²) in [6.45, 7) is 1.59. The predicted molar refractivity (Wildman–Crippen MR) is 58.5 cm³/mol. The number of hydrogen-bond donors (Lipinski definition) is 1. The minimum atomic E-state index is -0.759. The Kier molecular flexibility index (Phi) is 2.27. The van der Waals surface area contributed by atoms with E-state index in [1.807, 2.05) is 0 Å². The van der Waals surface area contributed by atoms with Crippen LogP contribution in [0.25, 0.3) is 0 Å². The Morgan fingerprint density at radius 3 is 2.62 bits per heavy atom. The van der Waals surface area contributed by atoms with Gasteiger partial charge in [-0.25, -0.2) is 0 Å². The number of nitro groups is 1. The Morgan fingerprint density at radius 1 is 1.44 bits per heavy atom. The lowest BCUT2D eigenvalue weighted by Crippen LogP contribution is -2.12. The minimum absolute atomic E-state index is 0.0531. The summed E-state index contributed by atoms with van der Waals surface area (Å²) in [7, 11) is 0. The first kappa shape index (κ1) is 10.7. The number of rotatable bonds is 1. The van der Waals surface area contributed by atoms with Crippen molar-refractivity contribution in [3.63, 3.8) is 0 Å². The van der Waals surface area contributed by atoms with Crippen LogP contribution in [-0.2, 0) is 4.79 Å². The van der Waals surface area contributed by atoms with Gasteiger partial charge in [0.1, 0.15) is 4.47 Å². The van der Waals surface area contributed by atoms with Crippen LogP contribution in [-0.4, -0.2) is 16.6 Å². The van der Waals surface area contributed by atoms with E-state index in [0.717, 1.165) is 6.07 Å². The van der Waals surface area contributed by atoms with Crippen molar-refractivity contribution in [3.05, 3.63) is 31.8 Å². The maximum Gasteiger partial charge on any atom is 0.296 e. The van der Waals surface area contributed by atoms with Gasteiger partial charge < -0.3 is 5.32 Å². The zero-order valence-corrected chi connectivity index (χ0v) is 9.62. The molecule has 0 saturated heterocycles. The van der Waals surface area contributed by atoms with Crippen molar-refractivity contribution < 1.29 is 14.5 Å². The monoisotopic (exact) mass is 284 g/mol. The van der Waals surface area contributed by atoms with E-state index in [2.05, 4.69) is 21.2 Å². The normalized spacial score (nSPS) is 13.6. The third-order valence-corrected chi connectivity index (χ3v) is 3.37. The van der Waals surface area contributed by atoms with Crippen LogP contribution in [0.1, 0.15) is 15.9 Å². The summed E-state index contributed by atoms with van der Waals surface area (Å²) in [5.41, 5.74) is 0.648. The number of benzene rings is 1. The zero-order chi connectivity index (χ0) is 12.0. The Bertz CT molecular complexity index is 553. The van der Waals surface area contributed by atoms with Gasteiger partial charge >= 0.3 is 0 Å². The van der Waals surface area contributed by atoms with Crippen molar-refractivity contribution in [1.29, 1.82) is 0 Å². The van der Waals surface area contributed by atoms with E-state index in [-0.39, 0.29) is 15.7 Å². The van der Waals surface area contributed by atoms with Crippen LogP contribution < -0.4 is 5.32 Å². The van der Waals surface area contributed by atoms with Crippen molar-refractivity contribution in [1.82, 2.24) is 0 Å². The molecule has 1 aromatic carbocycles. The highest BCUT2D eigenvalue weighted by Crippen LogP contribution is 2.38. The van der Waals surface area contributed by atoms with Gasteiger partial charge in [-0.15, -0.1) is 0 Å². The van der Waals surface area contributed by atoms with Crippen molar-refractivity contribution in [2.45, 2.75) is 6.92 Å². The second-order valence-corrected chi connectivity index (χ2v) is 4.09. The number of ketones is 1. The molecular formula is C9H5BrN2O4. The molecule has 0 aromatic heterocycles. The van der Waals surface area contributed by atoms with Gasteiger partial charge in [-0.1, -0.05) is 0 Å². The summed E-state index contributed by atoms with van der Waals surface area (Å²) in [5, 5.41) is 13.1. The molecule has 1 N–H and O–H groups in total. The molecule has 0 spiro atoms. The molecule has 16 heavy (non-hydrogen) atoms. The van der Waals surface area contributed by atoms with Gasteiger partial charge in [-0.3, -0.25) is 19.7 Å². The highest BCUT2D eigenvalue weighted by atomic mass is 79.9. The lowest BCUT2D eigenvalue weighted by atomic mass is 10.1. The van der Waals surface area contributed by atoms with E-state index >= 15 is 0 Å². The Hall–Kier alpha value is -1.76. The first-order valence-corrected chi connectivity index (χ1v) is 5.06. The summed E-state index contributed by atoms with van der Waals surface area (Å²) in [6.07, 6.45) is 0. The Morgan fingerprint density at radius 2 is 2.06 bits per heavy atom. The molecule has 0 atom stereocenters. The first-order valence-electron chi connectivity index (χ1n) is 4.26. The molecule has 0 aliphatic carbocycles. The lowest BCUT2D eigenvalue weighted by Gasteiger charge is -2.05. The SMILES string of the molecule is Cc1c(Br)c([N+](=O)[O-])cc2c1NC(=O)C2=O. The molecule has 0 radical (unpaired) electrons. The van der Waals surface area contributed by atoms with E-state index < -0.39 is 16.6 Å². The van der Waals surface area contributed by atoms with Crippen LogP contribution in [0.4, 0.5) is 11.4 Å². The molecule has 0 bridgehead atoms. The maximum atomic E-state index is 11.4. The average Bonchev–Trinajstić information content (AvgIpc) is 2.50. The number of fused-ring (bicyclic) bond motifs is 1. The number of carbonyl (C=O) groups excluding carboxylic acids is 2. The fourth-order valence-corrected chi connectivity index (χ4v) is 2.00. The quantitative estimate of drug-likeness (QED) is 0.484. The topological polar surface area (TPSA) is 89.3 Å². The van der Waals surface area contributed by atoms with Gasteiger partial charge in [-0.05, 0) is 28.4 Å². The number of halogens is 1. The molecule has 1 amide bonds. The summed E-state index contributed by atoms with van der Waals surface area (Å²) in [6, 6.07) is 1.10. The summed E-state index contributed by atoms with van der Waals surface area (Å²) in [5.74, 6) is -1.50. The number of nitro benzene ring substituents is 1. The molecule has 6 nitrogen and oxygen atoms in total. The van der Waals surface area contributed by atoms with E-state index in [1.165, 1.54) is 0 Å². The largest absolute Gasteiger partial charge is 0.318 e. The van der Waals surface area contributed by atoms with Crippen molar-refractivity contribution >= 4 is 39.0 Å². The van der Waals surface area contributed by atoms with Gasteiger partial charge in [0.05, 0.1) is 16.2 Å². The number of nitrogens with zero attached hydrogens (tertiary/aromatic N) is 1. The molecule has 82 valence electrons.